The molecule has 0 radical (unpaired) electrons. The largest absolute Gasteiger partial charge is 0.324 e. The van der Waals surface area contributed by atoms with Gasteiger partial charge in [0, 0.05) is 20.6 Å². The Morgan fingerprint density at radius 1 is 0.893 bits per heavy atom. The van der Waals surface area contributed by atoms with Gasteiger partial charge in [-0.1, -0.05) is 12.1 Å². The molecule has 28 heavy (non-hydrogen) atoms. The first kappa shape index (κ1) is 20.1. The minimum atomic E-state index is -0.387. The van der Waals surface area contributed by atoms with Crippen molar-refractivity contribution in [3.8, 4) is 0 Å². The molecule has 0 atom stereocenters. The van der Waals surface area contributed by atoms with Gasteiger partial charge < -0.3 is 10.6 Å². The van der Waals surface area contributed by atoms with Gasteiger partial charge in [0.25, 0.3) is 5.91 Å². The van der Waals surface area contributed by atoms with Crippen molar-refractivity contribution in [3.05, 3.63) is 88.6 Å². The van der Waals surface area contributed by atoms with E-state index in [2.05, 4.69) is 26.6 Å². The summed E-state index contributed by atoms with van der Waals surface area (Å²) in [7, 11) is 0. The van der Waals surface area contributed by atoms with Gasteiger partial charge in [-0.05, 0) is 76.6 Å². The molecule has 0 bridgehead atoms. The molecule has 7 heteroatoms. The van der Waals surface area contributed by atoms with Crippen LogP contribution in [0.15, 0.2) is 82.2 Å². The van der Waals surface area contributed by atoms with E-state index in [1.807, 2.05) is 36.4 Å². The molecule has 0 saturated heterocycles. The number of hydrogen-bond acceptors (Lipinski definition) is 3. The molecule has 0 unspecified atom stereocenters. The lowest BCUT2D eigenvalue weighted by Gasteiger charge is -2.08. The molecule has 0 aliphatic heterocycles. The van der Waals surface area contributed by atoms with Gasteiger partial charge in [0.2, 0.25) is 5.91 Å². The Bertz CT molecular complexity index is 978. The van der Waals surface area contributed by atoms with Crippen molar-refractivity contribution < 1.29 is 14.0 Å². The van der Waals surface area contributed by atoms with E-state index in [0.717, 1.165) is 15.1 Å². The van der Waals surface area contributed by atoms with Crippen molar-refractivity contribution in [2.75, 3.05) is 16.4 Å². The van der Waals surface area contributed by atoms with E-state index in [4.69, 9.17) is 0 Å². The smallest absolute Gasteiger partial charge is 0.255 e. The lowest BCUT2D eigenvalue weighted by Crippen LogP contribution is -2.14. The van der Waals surface area contributed by atoms with Crippen molar-refractivity contribution in [1.29, 1.82) is 0 Å². The van der Waals surface area contributed by atoms with Crippen LogP contribution in [0.2, 0.25) is 0 Å². The highest BCUT2D eigenvalue weighted by Crippen LogP contribution is 2.23. The summed E-state index contributed by atoms with van der Waals surface area (Å²) in [6.45, 7) is 0. The third-order valence-electron chi connectivity index (χ3n) is 3.74. The molecule has 4 nitrogen and oxygen atoms in total. The summed E-state index contributed by atoms with van der Waals surface area (Å²) in [6, 6.07) is 19.9. The summed E-state index contributed by atoms with van der Waals surface area (Å²) in [5.74, 6) is -0.539. The molecule has 0 heterocycles. The lowest BCUT2D eigenvalue weighted by molar-refractivity contribution is -0.113. The SMILES string of the molecule is O=C(CSc1ccc(NC(=O)c2ccc(F)cc2)cc1)Nc1ccccc1Br. The van der Waals surface area contributed by atoms with Crippen LogP contribution in [0.25, 0.3) is 0 Å². The fraction of sp³-hybridized carbons (Fsp3) is 0.0476. The number of rotatable bonds is 6. The predicted molar refractivity (Wildman–Crippen MR) is 114 cm³/mol. The van der Waals surface area contributed by atoms with Crippen LogP contribution >= 0.6 is 27.7 Å². The first-order valence-corrected chi connectivity index (χ1v) is 10.1. The Morgan fingerprint density at radius 2 is 1.57 bits per heavy atom. The van der Waals surface area contributed by atoms with Crippen LogP contribution in [-0.4, -0.2) is 17.6 Å². The van der Waals surface area contributed by atoms with Crippen molar-refractivity contribution in [3.63, 3.8) is 0 Å². The molecule has 0 aromatic heterocycles. The summed E-state index contributed by atoms with van der Waals surface area (Å²) < 4.78 is 13.8. The number of thioether (sulfide) groups is 1. The van der Waals surface area contributed by atoms with Gasteiger partial charge in [-0.3, -0.25) is 9.59 Å². The molecule has 0 saturated carbocycles. The number of hydrogen-bond donors (Lipinski definition) is 2. The normalized spacial score (nSPS) is 10.4. The molecule has 0 fully saturated rings. The highest BCUT2D eigenvalue weighted by molar-refractivity contribution is 9.10. The summed E-state index contributed by atoms with van der Waals surface area (Å²) in [6.07, 6.45) is 0. The summed E-state index contributed by atoms with van der Waals surface area (Å²) in [5.41, 5.74) is 1.73. The van der Waals surface area contributed by atoms with Crippen LogP contribution in [0, 0.1) is 5.82 Å². The van der Waals surface area contributed by atoms with Crippen LogP contribution in [0.4, 0.5) is 15.8 Å². The lowest BCUT2D eigenvalue weighted by atomic mass is 10.2. The second-order valence-electron chi connectivity index (χ2n) is 5.80. The van der Waals surface area contributed by atoms with Crippen molar-refractivity contribution in [2.45, 2.75) is 4.90 Å². The van der Waals surface area contributed by atoms with Crippen LogP contribution in [0.1, 0.15) is 10.4 Å². The van der Waals surface area contributed by atoms with Gasteiger partial charge in [-0.15, -0.1) is 11.8 Å². The molecule has 0 spiro atoms. The number of carbonyl (C=O) groups is 2. The van der Waals surface area contributed by atoms with Crippen LogP contribution in [0.5, 0.6) is 0 Å². The summed E-state index contributed by atoms with van der Waals surface area (Å²) >= 11 is 4.79. The topological polar surface area (TPSA) is 58.2 Å². The van der Waals surface area contributed by atoms with Crippen LogP contribution < -0.4 is 10.6 Å². The molecule has 2 N–H and O–H groups in total. The Balaban J connectivity index is 1.51. The Kier molecular flexibility index (Phi) is 6.84. The van der Waals surface area contributed by atoms with E-state index in [9.17, 15) is 14.0 Å². The zero-order chi connectivity index (χ0) is 19.9. The van der Waals surface area contributed by atoms with Gasteiger partial charge in [-0.25, -0.2) is 4.39 Å². The van der Waals surface area contributed by atoms with Gasteiger partial charge >= 0.3 is 0 Å². The molecule has 3 rings (SSSR count). The molecule has 3 aromatic carbocycles. The molecule has 142 valence electrons. The standard InChI is InChI=1S/C21H16BrFN2O2S/c22-18-3-1-2-4-19(18)25-20(26)13-28-17-11-9-16(10-12-17)24-21(27)14-5-7-15(23)8-6-14/h1-12H,13H2,(H,24,27)(H,25,26). The summed E-state index contributed by atoms with van der Waals surface area (Å²) in [5, 5.41) is 5.60. The summed E-state index contributed by atoms with van der Waals surface area (Å²) in [4.78, 5) is 25.1. The average molecular weight is 459 g/mol. The number of amides is 2. The predicted octanol–water partition coefficient (Wildman–Crippen LogP) is 5.57. The van der Waals surface area contributed by atoms with Crippen molar-refractivity contribution in [2.24, 2.45) is 0 Å². The fourth-order valence-electron chi connectivity index (χ4n) is 2.34. The van der Waals surface area contributed by atoms with Gasteiger partial charge in [-0.2, -0.15) is 0 Å². The Hall–Kier alpha value is -2.64. The monoisotopic (exact) mass is 458 g/mol. The first-order chi connectivity index (χ1) is 13.5. The second kappa shape index (κ2) is 9.52. The van der Waals surface area contributed by atoms with Gasteiger partial charge in [0.05, 0.1) is 11.4 Å². The fourth-order valence-corrected chi connectivity index (χ4v) is 3.42. The van der Waals surface area contributed by atoms with Gasteiger partial charge in [0.15, 0.2) is 0 Å². The number of carbonyl (C=O) groups excluding carboxylic acids is 2. The zero-order valence-corrected chi connectivity index (χ0v) is 17.0. The second-order valence-corrected chi connectivity index (χ2v) is 7.71. The molecule has 0 aliphatic carbocycles. The van der Waals surface area contributed by atoms with E-state index in [-0.39, 0.29) is 23.4 Å². The minimum absolute atomic E-state index is 0.106. The molecular weight excluding hydrogens is 443 g/mol. The maximum atomic E-state index is 12.9. The maximum absolute atomic E-state index is 12.9. The number of anilines is 2. The Labute approximate surface area is 174 Å². The average Bonchev–Trinajstić information content (AvgIpc) is 2.70. The molecular formula is C21H16BrFN2O2S. The number of para-hydroxylation sites is 1. The number of halogens is 2. The van der Waals surface area contributed by atoms with Crippen LogP contribution in [-0.2, 0) is 4.79 Å². The third kappa shape index (κ3) is 5.68. The third-order valence-corrected chi connectivity index (χ3v) is 5.44. The maximum Gasteiger partial charge on any atom is 0.255 e. The van der Waals surface area contributed by atoms with Gasteiger partial charge in [0.1, 0.15) is 5.82 Å². The number of nitrogens with one attached hydrogen (secondary N) is 2. The highest BCUT2D eigenvalue weighted by Gasteiger charge is 2.08. The first-order valence-electron chi connectivity index (χ1n) is 8.35. The van der Waals surface area contributed by atoms with Crippen LogP contribution in [0.3, 0.4) is 0 Å². The van der Waals surface area contributed by atoms with E-state index in [0.29, 0.717) is 11.3 Å². The van der Waals surface area contributed by atoms with Crippen molar-refractivity contribution in [1.82, 2.24) is 0 Å². The van der Waals surface area contributed by atoms with E-state index >= 15 is 0 Å². The molecule has 3 aromatic rings. The quantitative estimate of drug-likeness (QED) is 0.474. The number of benzene rings is 3. The van der Waals surface area contributed by atoms with Crippen molar-refractivity contribution >= 4 is 50.9 Å². The molecule has 0 aliphatic rings. The molecule has 2 amide bonds. The minimum Gasteiger partial charge on any atom is -0.324 e. The Morgan fingerprint density at radius 3 is 2.25 bits per heavy atom. The van der Waals surface area contributed by atoms with E-state index in [1.165, 1.54) is 36.0 Å². The highest BCUT2D eigenvalue weighted by atomic mass is 79.9. The van der Waals surface area contributed by atoms with E-state index < -0.39 is 0 Å². The zero-order valence-electron chi connectivity index (χ0n) is 14.6. The van der Waals surface area contributed by atoms with E-state index in [1.54, 1.807) is 12.1 Å².